The van der Waals surface area contributed by atoms with Crippen molar-refractivity contribution in [1.29, 1.82) is 0 Å². The van der Waals surface area contributed by atoms with E-state index in [4.69, 9.17) is 4.74 Å². The third-order valence-electron chi connectivity index (χ3n) is 2.72. The van der Waals surface area contributed by atoms with Gasteiger partial charge in [-0.25, -0.2) is 0 Å². The largest absolute Gasteiger partial charge is 0.381 e. The molecule has 0 unspecified atom stereocenters. The molecule has 1 aliphatic heterocycles. The first-order valence-corrected chi connectivity index (χ1v) is 5.82. The molecule has 1 saturated heterocycles. The maximum absolute atomic E-state index is 5.33. The van der Waals surface area contributed by atoms with Gasteiger partial charge in [0.05, 0.1) is 0 Å². The quantitative estimate of drug-likeness (QED) is 0.815. The van der Waals surface area contributed by atoms with Crippen molar-refractivity contribution in [3.63, 3.8) is 0 Å². The van der Waals surface area contributed by atoms with Crippen molar-refractivity contribution in [3.8, 4) is 0 Å². The summed E-state index contributed by atoms with van der Waals surface area (Å²) in [4.78, 5) is 0. The van der Waals surface area contributed by atoms with Crippen LogP contribution in [0.3, 0.4) is 0 Å². The first-order chi connectivity index (χ1) is 6.75. The molecule has 0 amide bonds. The van der Waals surface area contributed by atoms with E-state index in [0.717, 1.165) is 43.1 Å². The Morgan fingerprint density at radius 1 is 1.57 bits per heavy atom. The van der Waals surface area contributed by atoms with E-state index in [2.05, 4.69) is 38.7 Å². The van der Waals surface area contributed by atoms with Crippen molar-refractivity contribution >= 4 is 15.9 Å². The van der Waals surface area contributed by atoms with Crippen LogP contribution in [0.2, 0.25) is 0 Å². The second kappa shape index (κ2) is 4.45. The van der Waals surface area contributed by atoms with Crippen molar-refractivity contribution in [1.82, 2.24) is 9.78 Å². The van der Waals surface area contributed by atoms with E-state index >= 15 is 0 Å². The Labute approximate surface area is 92.6 Å². The third kappa shape index (κ3) is 2.36. The Morgan fingerprint density at radius 2 is 2.29 bits per heavy atom. The van der Waals surface area contributed by atoms with Crippen LogP contribution in [0.5, 0.6) is 0 Å². The molecule has 0 radical (unpaired) electrons. The predicted octanol–water partition coefficient (Wildman–Crippen LogP) is 2.38. The molecule has 0 aromatic carbocycles. The lowest BCUT2D eigenvalue weighted by molar-refractivity contribution is 0.0599. The average molecular weight is 259 g/mol. The molecule has 1 aliphatic rings. The lowest BCUT2D eigenvalue weighted by atomic mass is 10.0. The fourth-order valence-corrected chi connectivity index (χ4v) is 2.35. The summed E-state index contributed by atoms with van der Waals surface area (Å²) >= 11 is 3.39. The molecular weight excluding hydrogens is 244 g/mol. The predicted molar refractivity (Wildman–Crippen MR) is 58.2 cm³/mol. The number of aromatic nitrogens is 2. The molecule has 0 saturated carbocycles. The smallest absolute Gasteiger partial charge is 0.128 e. The minimum atomic E-state index is 0.731. The highest BCUT2D eigenvalue weighted by Gasteiger charge is 2.15. The van der Waals surface area contributed by atoms with Crippen LogP contribution in [0.1, 0.15) is 18.5 Å². The summed E-state index contributed by atoms with van der Waals surface area (Å²) in [6.45, 7) is 4.94. The number of nitrogens with zero attached hydrogens (tertiary/aromatic N) is 2. The van der Waals surface area contributed by atoms with Crippen LogP contribution in [0, 0.1) is 12.8 Å². The van der Waals surface area contributed by atoms with Crippen molar-refractivity contribution < 1.29 is 4.74 Å². The zero-order valence-electron chi connectivity index (χ0n) is 8.37. The van der Waals surface area contributed by atoms with Gasteiger partial charge in [0.15, 0.2) is 0 Å². The van der Waals surface area contributed by atoms with Gasteiger partial charge in [-0.1, -0.05) is 0 Å². The second-order valence-electron chi connectivity index (χ2n) is 3.85. The zero-order valence-corrected chi connectivity index (χ0v) is 9.96. The van der Waals surface area contributed by atoms with E-state index in [1.165, 1.54) is 5.69 Å². The Bertz CT molecular complexity index is 305. The van der Waals surface area contributed by atoms with Crippen LogP contribution in [-0.2, 0) is 11.3 Å². The van der Waals surface area contributed by atoms with Gasteiger partial charge in [-0.05, 0) is 47.7 Å². The molecule has 1 aromatic rings. The van der Waals surface area contributed by atoms with Crippen molar-refractivity contribution in [2.45, 2.75) is 26.3 Å². The molecule has 1 fully saturated rings. The number of halogens is 1. The molecule has 0 N–H and O–H groups in total. The summed E-state index contributed by atoms with van der Waals surface area (Å²) < 4.78 is 8.35. The van der Waals surface area contributed by atoms with Crippen LogP contribution >= 0.6 is 15.9 Å². The summed E-state index contributed by atoms with van der Waals surface area (Å²) in [5.74, 6) is 0.731. The topological polar surface area (TPSA) is 27.1 Å². The van der Waals surface area contributed by atoms with Crippen LogP contribution < -0.4 is 0 Å². The van der Waals surface area contributed by atoms with Gasteiger partial charge in [0.2, 0.25) is 0 Å². The van der Waals surface area contributed by atoms with Gasteiger partial charge in [0.1, 0.15) is 4.60 Å². The van der Waals surface area contributed by atoms with E-state index in [9.17, 15) is 0 Å². The number of hydrogen-bond donors (Lipinski definition) is 0. The molecule has 3 nitrogen and oxygen atoms in total. The van der Waals surface area contributed by atoms with Gasteiger partial charge in [0.25, 0.3) is 0 Å². The second-order valence-corrected chi connectivity index (χ2v) is 4.66. The molecule has 78 valence electrons. The Kier molecular flexibility index (Phi) is 3.23. The van der Waals surface area contributed by atoms with Gasteiger partial charge >= 0.3 is 0 Å². The maximum Gasteiger partial charge on any atom is 0.128 e. The molecule has 1 aromatic heterocycles. The maximum atomic E-state index is 5.33. The standard InChI is InChI=1S/C10H15BrN2O/c1-8-6-10(11)12-13(8)7-9-2-4-14-5-3-9/h6,9H,2-5,7H2,1H3. The fourth-order valence-electron chi connectivity index (χ4n) is 1.83. The van der Waals surface area contributed by atoms with Crippen LogP contribution in [-0.4, -0.2) is 23.0 Å². The van der Waals surface area contributed by atoms with Gasteiger partial charge in [-0.2, -0.15) is 5.10 Å². The molecule has 0 atom stereocenters. The lowest BCUT2D eigenvalue weighted by Gasteiger charge is -2.22. The van der Waals surface area contributed by atoms with E-state index < -0.39 is 0 Å². The summed E-state index contributed by atoms with van der Waals surface area (Å²) in [6.07, 6.45) is 2.33. The van der Waals surface area contributed by atoms with Gasteiger partial charge in [0, 0.05) is 25.5 Å². The van der Waals surface area contributed by atoms with E-state index in [1.807, 2.05) is 0 Å². The van der Waals surface area contributed by atoms with E-state index in [-0.39, 0.29) is 0 Å². The van der Waals surface area contributed by atoms with Crippen LogP contribution in [0.25, 0.3) is 0 Å². The number of ether oxygens (including phenoxy) is 1. The molecule has 0 spiro atoms. The molecule has 0 bridgehead atoms. The number of rotatable bonds is 2. The Hall–Kier alpha value is -0.350. The van der Waals surface area contributed by atoms with Crippen LogP contribution in [0.4, 0.5) is 0 Å². The van der Waals surface area contributed by atoms with Gasteiger partial charge < -0.3 is 4.74 Å². The highest BCUT2D eigenvalue weighted by Crippen LogP contribution is 2.18. The summed E-state index contributed by atoms with van der Waals surface area (Å²) in [5.41, 5.74) is 1.23. The zero-order chi connectivity index (χ0) is 9.97. The highest BCUT2D eigenvalue weighted by molar-refractivity contribution is 9.10. The van der Waals surface area contributed by atoms with Crippen molar-refractivity contribution in [2.24, 2.45) is 5.92 Å². The SMILES string of the molecule is Cc1cc(Br)nn1CC1CCOCC1. The first kappa shape index (κ1) is 10.2. The molecule has 4 heteroatoms. The highest BCUT2D eigenvalue weighted by atomic mass is 79.9. The van der Waals surface area contributed by atoms with E-state index in [1.54, 1.807) is 0 Å². The van der Waals surface area contributed by atoms with Gasteiger partial charge in [-0.15, -0.1) is 0 Å². The van der Waals surface area contributed by atoms with E-state index in [0.29, 0.717) is 0 Å². The molecule has 14 heavy (non-hydrogen) atoms. The summed E-state index contributed by atoms with van der Waals surface area (Å²) in [5, 5.41) is 4.40. The first-order valence-electron chi connectivity index (χ1n) is 5.03. The fraction of sp³-hybridized carbons (Fsp3) is 0.700. The Morgan fingerprint density at radius 3 is 2.86 bits per heavy atom. The normalized spacial score (nSPS) is 18.7. The summed E-state index contributed by atoms with van der Waals surface area (Å²) in [7, 11) is 0. The molecular formula is C10H15BrN2O. The average Bonchev–Trinajstić information content (AvgIpc) is 2.47. The third-order valence-corrected chi connectivity index (χ3v) is 3.11. The minimum Gasteiger partial charge on any atom is -0.381 e. The van der Waals surface area contributed by atoms with Crippen molar-refractivity contribution in [3.05, 3.63) is 16.4 Å². The Balaban J connectivity index is 1.98. The summed E-state index contributed by atoms with van der Waals surface area (Å²) in [6, 6.07) is 2.05. The van der Waals surface area contributed by atoms with Gasteiger partial charge in [-0.3, -0.25) is 4.68 Å². The van der Waals surface area contributed by atoms with Crippen molar-refractivity contribution in [2.75, 3.05) is 13.2 Å². The molecule has 0 aliphatic carbocycles. The monoisotopic (exact) mass is 258 g/mol. The molecule has 2 rings (SSSR count). The van der Waals surface area contributed by atoms with Crippen LogP contribution in [0.15, 0.2) is 10.7 Å². The minimum absolute atomic E-state index is 0.731. The lowest BCUT2D eigenvalue weighted by Crippen LogP contribution is -2.21. The molecule has 2 heterocycles. The number of aryl methyl sites for hydroxylation is 1. The number of hydrogen-bond acceptors (Lipinski definition) is 2.